The van der Waals surface area contributed by atoms with E-state index in [1.165, 1.54) is 0 Å². The van der Waals surface area contributed by atoms with Crippen LogP contribution in [0.2, 0.25) is 0 Å². The van der Waals surface area contributed by atoms with Crippen molar-refractivity contribution in [3.63, 3.8) is 0 Å². The number of hydrogen-bond donors (Lipinski definition) is 0. The molecule has 0 N–H and O–H groups in total. The Balaban J connectivity index is 2.10. The summed E-state index contributed by atoms with van der Waals surface area (Å²) >= 11 is 0. The van der Waals surface area contributed by atoms with Gasteiger partial charge in [-0.3, -0.25) is 0 Å². The molecule has 1 saturated carbocycles. The van der Waals surface area contributed by atoms with Gasteiger partial charge in [0, 0.05) is 12.5 Å². The van der Waals surface area contributed by atoms with Crippen molar-refractivity contribution >= 4 is 6.08 Å². The highest BCUT2D eigenvalue weighted by atomic mass is 16.5. The summed E-state index contributed by atoms with van der Waals surface area (Å²) in [6.07, 6.45) is 6.01. The zero-order chi connectivity index (χ0) is 10.9. The average Bonchev–Trinajstić information content (AvgIpc) is 2.16. The first kappa shape index (κ1) is 10.8. The van der Waals surface area contributed by atoms with E-state index in [1.54, 1.807) is 6.08 Å². The summed E-state index contributed by atoms with van der Waals surface area (Å²) in [7, 11) is 0. The van der Waals surface area contributed by atoms with Crippen molar-refractivity contribution in [1.29, 1.82) is 0 Å². The molecule has 1 aliphatic heterocycles. The van der Waals surface area contributed by atoms with E-state index in [-0.39, 0.29) is 5.54 Å². The second-order valence-corrected chi connectivity index (χ2v) is 5.74. The molecule has 0 aromatic heterocycles. The van der Waals surface area contributed by atoms with E-state index in [0.29, 0.717) is 11.3 Å². The number of ether oxygens (including phenoxy) is 1. The van der Waals surface area contributed by atoms with Crippen LogP contribution in [0.4, 0.5) is 0 Å². The molecular weight excluding hydrogens is 190 g/mol. The summed E-state index contributed by atoms with van der Waals surface area (Å²) in [6.45, 7) is 6.09. The lowest BCUT2D eigenvalue weighted by atomic mass is 9.54. The SMILES string of the molecule is CC1(C)CC(N=C=O)(C2CCCOC2)C1. The van der Waals surface area contributed by atoms with Gasteiger partial charge in [-0.2, -0.15) is 4.99 Å². The molecule has 1 heterocycles. The zero-order valence-corrected chi connectivity index (χ0v) is 9.58. The standard InChI is InChI=1S/C12H19NO2/c1-11(2)7-12(8-11,13-9-14)10-4-3-5-15-6-10/h10H,3-8H2,1-2H3. The molecule has 1 saturated heterocycles. The third kappa shape index (κ3) is 1.99. The lowest BCUT2D eigenvalue weighted by Crippen LogP contribution is -2.54. The maximum atomic E-state index is 10.5. The van der Waals surface area contributed by atoms with E-state index in [4.69, 9.17) is 4.74 Å². The van der Waals surface area contributed by atoms with Gasteiger partial charge in [0.2, 0.25) is 6.08 Å². The molecule has 1 aliphatic carbocycles. The van der Waals surface area contributed by atoms with E-state index < -0.39 is 0 Å². The zero-order valence-electron chi connectivity index (χ0n) is 9.58. The quantitative estimate of drug-likeness (QED) is 0.517. The van der Waals surface area contributed by atoms with Gasteiger partial charge in [-0.15, -0.1) is 0 Å². The highest BCUT2D eigenvalue weighted by molar-refractivity contribution is 5.36. The van der Waals surface area contributed by atoms with Crippen molar-refractivity contribution in [2.75, 3.05) is 13.2 Å². The molecule has 3 heteroatoms. The first-order valence-electron chi connectivity index (χ1n) is 5.75. The molecule has 0 bridgehead atoms. The predicted octanol–water partition coefficient (Wildman–Crippen LogP) is 2.31. The minimum atomic E-state index is -0.147. The number of rotatable bonds is 2. The largest absolute Gasteiger partial charge is 0.381 e. The fourth-order valence-electron chi connectivity index (χ4n) is 3.32. The number of carbonyl (C=O) groups excluding carboxylic acids is 1. The van der Waals surface area contributed by atoms with E-state index >= 15 is 0 Å². The maximum absolute atomic E-state index is 10.5. The van der Waals surface area contributed by atoms with Crippen molar-refractivity contribution < 1.29 is 9.53 Å². The Morgan fingerprint density at radius 3 is 2.60 bits per heavy atom. The van der Waals surface area contributed by atoms with Crippen LogP contribution in [0.5, 0.6) is 0 Å². The molecule has 0 spiro atoms. The van der Waals surface area contributed by atoms with E-state index in [9.17, 15) is 4.79 Å². The van der Waals surface area contributed by atoms with Crippen LogP contribution in [0.25, 0.3) is 0 Å². The highest BCUT2D eigenvalue weighted by Crippen LogP contribution is 2.55. The van der Waals surface area contributed by atoms with E-state index in [1.807, 2.05) is 0 Å². The van der Waals surface area contributed by atoms with Gasteiger partial charge in [-0.1, -0.05) is 13.8 Å². The van der Waals surface area contributed by atoms with Crippen LogP contribution in [0.3, 0.4) is 0 Å². The van der Waals surface area contributed by atoms with Gasteiger partial charge in [-0.05, 0) is 31.1 Å². The summed E-state index contributed by atoms with van der Waals surface area (Å²) in [5.74, 6) is 0.431. The van der Waals surface area contributed by atoms with Gasteiger partial charge in [0.05, 0.1) is 12.1 Å². The van der Waals surface area contributed by atoms with Crippen molar-refractivity contribution in [3.8, 4) is 0 Å². The van der Waals surface area contributed by atoms with Gasteiger partial charge in [-0.25, -0.2) is 4.79 Å². The van der Waals surface area contributed by atoms with Gasteiger partial charge >= 0.3 is 0 Å². The number of aliphatic imine (C=N–C) groups is 1. The minimum absolute atomic E-state index is 0.147. The second kappa shape index (κ2) is 3.73. The molecule has 0 aromatic rings. The Hall–Kier alpha value is -0.660. The fourth-order valence-corrected chi connectivity index (χ4v) is 3.32. The van der Waals surface area contributed by atoms with Crippen molar-refractivity contribution in [3.05, 3.63) is 0 Å². The molecular formula is C12H19NO2. The summed E-state index contributed by atoms with van der Waals surface area (Å²) in [5, 5.41) is 0. The fraction of sp³-hybridized carbons (Fsp3) is 0.917. The number of hydrogen-bond acceptors (Lipinski definition) is 3. The molecule has 2 rings (SSSR count). The Morgan fingerprint density at radius 1 is 1.40 bits per heavy atom. The summed E-state index contributed by atoms with van der Waals surface area (Å²) in [4.78, 5) is 14.6. The van der Waals surface area contributed by atoms with Crippen LogP contribution >= 0.6 is 0 Å². The average molecular weight is 209 g/mol. The topological polar surface area (TPSA) is 38.7 Å². The van der Waals surface area contributed by atoms with Gasteiger partial charge in [0.25, 0.3) is 0 Å². The molecule has 2 fully saturated rings. The lowest BCUT2D eigenvalue weighted by molar-refractivity contribution is -0.0475. The lowest BCUT2D eigenvalue weighted by Gasteiger charge is -2.54. The van der Waals surface area contributed by atoms with Crippen LogP contribution in [0, 0.1) is 11.3 Å². The van der Waals surface area contributed by atoms with E-state index in [2.05, 4.69) is 18.8 Å². The summed E-state index contributed by atoms with van der Waals surface area (Å²) in [6, 6.07) is 0. The molecule has 0 amide bonds. The second-order valence-electron chi connectivity index (χ2n) is 5.74. The van der Waals surface area contributed by atoms with Crippen LogP contribution in [0.1, 0.15) is 39.5 Å². The maximum Gasteiger partial charge on any atom is 0.235 e. The highest BCUT2D eigenvalue weighted by Gasteiger charge is 2.54. The molecule has 2 aliphatic rings. The number of isocyanates is 1. The first-order valence-corrected chi connectivity index (χ1v) is 5.75. The third-order valence-electron chi connectivity index (χ3n) is 3.76. The smallest absolute Gasteiger partial charge is 0.235 e. The molecule has 15 heavy (non-hydrogen) atoms. The van der Waals surface area contributed by atoms with Crippen LogP contribution < -0.4 is 0 Å². The Bertz CT molecular complexity index is 278. The number of nitrogens with zero attached hydrogens (tertiary/aromatic N) is 1. The molecule has 0 radical (unpaired) electrons. The molecule has 84 valence electrons. The van der Waals surface area contributed by atoms with Crippen LogP contribution in [-0.4, -0.2) is 24.8 Å². The molecule has 1 atom stereocenters. The normalized spacial score (nSPS) is 32.5. The first-order chi connectivity index (χ1) is 7.08. The minimum Gasteiger partial charge on any atom is -0.381 e. The van der Waals surface area contributed by atoms with Crippen molar-refractivity contribution in [2.24, 2.45) is 16.3 Å². The van der Waals surface area contributed by atoms with Gasteiger partial charge < -0.3 is 4.74 Å². The van der Waals surface area contributed by atoms with Crippen LogP contribution in [-0.2, 0) is 9.53 Å². The van der Waals surface area contributed by atoms with Crippen molar-refractivity contribution in [1.82, 2.24) is 0 Å². The third-order valence-corrected chi connectivity index (χ3v) is 3.76. The molecule has 0 aromatic carbocycles. The molecule has 3 nitrogen and oxygen atoms in total. The van der Waals surface area contributed by atoms with Gasteiger partial charge in [0.1, 0.15) is 0 Å². The predicted molar refractivity (Wildman–Crippen MR) is 57.4 cm³/mol. The van der Waals surface area contributed by atoms with E-state index in [0.717, 1.165) is 38.9 Å². The van der Waals surface area contributed by atoms with Crippen LogP contribution in [0.15, 0.2) is 4.99 Å². The Morgan fingerprint density at radius 2 is 2.13 bits per heavy atom. The summed E-state index contributed by atoms with van der Waals surface area (Å²) in [5.41, 5.74) is 0.184. The Labute approximate surface area is 90.9 Å². The van der Waals surface area contributed by atoms with Crippen molar-refractivity contribution in [2.45, 2.75) is 45.1 Å². The Kier molecular flexibility index (Phi) is 2.70. The monoisotopic (exact) mass is 209 g/mol. The van der Waals surface area contributed by atoms with Gasteiger partial charge in [0.15, 0.2) is 0 Å². The summed E-state index contributed by atoms with van der Waals surface area (Å²) < 4.78 is 5.49. The molecule has 1 unspecified atom stereocenters.